The Balaban J connectivity index is 1.81. The highest BCUT2D eigenvalue weighted by Crippen LogP contribution is 2.30. The molecule has 6 heteroatoms. The Bertz CT molecular complexity index is 1030. The van der Waals surface area contributed by atoms with E-state index in [0.717, 1.165) is 41.1 Å². The molecule has 2 atom stereocenters. The van der Waals surface area contributed by atoms with E-state index in [-0.39, 0.29) is 23.8 Å². The molecule has 6 nitrogen and oxygen atoms in total. The summed E-state index contributed by atoms with van der Waals surface area (Å²) >= 11 is 0. The zero-order valence-electron chi connectivity index (χ0n) is 20.3. The van der Waals surface area contributed by atoms with Gasteiger partial charge in [0.2, 0.25) is 5.91 Å². The molecule has 0 aromatic heterocycles. The number of hydrogen-bond donors (Lipinski definition) is 0. The van der Waals surface area contributed by atoms with Gasteiger partial charge in [0.1, 0.15) is 0 Å². The number of nitriles is 1. The number of hydrogen-bond acceptors (Lipinski definition) is 4. The Hall–Kier alpha value is -3.17. The smallest absolute Gasteiger partial charge is 0.253 e. The fraction of sp³-hybridized carbons (Fsp3) is 0.444. The fourth-order valence-corrected chi connectivity index (χ4v) is 4.47. The van der Waals surface area contributed by atoms with Crippen molar-refractivity contribution in [2.75, 3.05) is 34.2 Å². The van der Waals surface area contributed by atoms with Gasteiger partial charge in [0.25, 0.3) is 5.91 Å². The van der Waals surface area contributed by atoms with E-state index in [9.17, 15) is 14.9 Å². The zero-order chi connectivity index (χ0) is 24.1. The molecule has 1 fully saturated rings. The summed E-state index contributed by atoms with van der Waals surface area (Å²) in [4.78, 5) is 31.0. The highest BCUT2D eigenvalue weighted by molar-refractivity contribution is 5.95. The van der Waals surface area contributed by atoms with Gasteiger partial charge >= 0.3 is 0 Å². The first-order valence-corrected chi connectivity index (χ1v) is 11.5. The molecule has 1 heterocycles. The van der Waals surface area contributed by atoms with Crippen LogP contribution in [-0.4, -0.2) is 66.8 Å². The summed E-state index contributed by atoms with van der Waals surface area (Å²) in [6.45, 7) is 6.08. The van der Waals surface area contributed by atoms with Crippen LogP contribution in [0, 0.1) is 17.4 Å². The molecule has 2 aromatic rings. The summed E-state index contributed by atoms with van der Waals surface area (Å²) in [6.07, 6.45) is 3.60. The first kappa shape index (κ1) is 24.5. The number of carbonyl (C=O) groups is 2. The molecule has 0 radical (unpaired) electrons. The SMILES string of the molecule is CC(C)CC(C(=O)N(C)C#N)c1cccc(-c2ccc(C(=O)N(C)C3CCN(C)C3)cc2)c1. The van der Waals surface area contributed by atoms with Crippen molar-refractivity contribution in [3.8, 4) is 17.3 Å². The number of benzene rings is 2. The van der Waals surface area contributed by atoms with E-state index in [1.165, 1.54) is 7.05 Å². The quantitative estimate of drug-likeness (QED) is 0.472. The van der Waals surface area contributed by atoms with Crippen molar-refractivity contribution in [1.82, 2.24) is 14.7 Å². The molecule has 2 unspecified atom stereocenters. The van der Waals surface area contributed by atoms with Crippen molar-refractivity contribution in [3.05, 3.63) is 59.7 Å². The lowest BCUT2D eigenvalue weighted by molar-refractivity contribution is -0.129. The average Bonchev–Trinajstić information content (AvgIpc) is 3.26. The summed E-state index contributed by atoms with van der Waals surface area (Å²) in [5.74, 6) is -0.201. The van der Waals surface area contributed by atoms with Gasteiger partial charge in [0.05, 0.1) is 5.92 Å². The first-order chi connectivity index (χ1) is 15.7. The minimum Gasteiger partial charge on any atom is -0.337 e. The molecule has 0 spiro atoms. The summed E-state index contributed by atoms with van der Waals surface area (Å²) < 4.78 is 0. The second-order valence-electron chi connectivity index (χ2n) is 9.50. The standard InChI is InChI=1S/C27H34N4O2/c1-19(2)15-25(27(33)30(4)18-28)23-8-6-7-22(16-23)20-9-11-21(12-10-20)26(32)31(5)24-13-14-29(3)17-24/h6-12,16,19,24-25H,13-15,17H2,1-5H3. The highest BCUT2D eigenvalue weighted by Gasteiger charge is 2.27. The molecule has 1 aliphatic heterocycles. The third-order valence-electron chi connectivity index (χ3n) is 6.47. The second-order valence-corrected chi connectivity index (χ2v) is 9.50. The molecule has 2 amide bonds. The van der Waals surface area contributed by atoms with Crippen LogP contribution in [-0.2, 0) is 4.79 Å². The maximum Gasteiger partial charge on any atom is 0.253 e. The molecular weight excluding hydrogens is 412 g/mol. The Labute approximate surface area is 197 Å². The molecule has 3 rings (SSSR count). The van der Waals surface area contributed by atoms with Crippen molar-refractivity contribution in [2.45, 2.75) is 38.6 Å². The van der Waals surface area contributed by atoms with E-state index in [2.05, 4.69) is 25.8 Å². The Morgan fingerprint density at radius 2 is 1.82 bits per heavy atom. The highest BCUT2D eigenvalue weighted by atomic mass is 16.2. The molecule has 1 saturated heterocycles. The van der Waals surface area contributed by atoms with Gasteiger partial charge in [-0.1, -0.05) is 50.2 Å². The van der Waals surface area contributed by atoms with Crippen molar-refractivity contribution in [1.29, 1.82) is 5.26 Å². The zero-order valence-corrected chi connectivity index (χ0v) is 20.3. The van der Waals surface area contributed by atoms with Crippen LogP contribution in [0.5, 0.6) is 0 Å². The van der Waals surface area contributed by atoms with Gasteiger partial charge in [-0.3, -0.25) is 14.5 Å². The number of likely N-dealkylation sites (N-methyl/N-ethyl adjacent to an activating group) is 3. The van der Waals surface area contributed by atoms with Crippen molar-refractivity contribution < 1.29 is 9.59 Å². The van der Waals surface area contributed by atoms with E-state index in [0.29, 0.717) is 17.9 Å². The van der Waals surface area contributed by atoms with E-state index < -0.39 is 0 Å². The second kappa shape index (κ2) is 10.6. The normalized spacial score (nSPS) is 16.9. The van der Waals surface area contributed by atoms with Crippen LogP contribution < -0.4 is 0 Å². The third kappa shape index (κ3) is 5.80. The molecule has 33 heavy (non-hydrogen) atoms. The molecule has 0 bridgehead atoms. The van der Waals surface area contributed by atoms with Crippen molar-refractivity contribution in [2.24, 2.45) is 5.92 Å². The topological polar surface area (TPSA) is 67.6 Å². The largest absolute Gasteiger partial charge is 0.337 e. The van der Waals surface area contributed by atoms with E-state index in [1.807, 2.05) is 66.7 Å². The number of nitrogens with zero attached hydrogens (tertiary/aromatic N) is 4. The van der Waals surface area contributed by atoms with Crippen LogP contribution in [0.4, 0.5) is 0 Å². The lowest BCUT2D eigenvalue weighted by Crippen LogP contribution is -2.38. The van der Waals surface area contributed by atoms with E-state index >= 15 is 0 Å². The lowest BCUT2D eigenvalue weighted by atomic mass is 9.87. The van der Waals surface area contributed by atoms with Crippen LogP contribution in [0.1, 0.15) is 48.5 Å². The van der Waals surface area contributed by atoms with Gasteiger partial charge < -0.3 is 9.80 Å². The molecule has 0 N–H and O–H groups in total. The summed E-state index contributed by atoms with van der Waals surface area (Å²) in [5, 5.41) is 9.18. The maximum atomic E-state index is 12.9. The predicted octanol–water partition coefficient (Wildman–Crippen LogP) is 4.20. The number of likely N-dealkylation sites (tertiary alicyclic amines) is 1. The van der Waals surface area contributed by atoms with Crippen LogP contribution in [0.15, 0.2) is 48.5 Å². The average molecular weight is 447 g/mol. The molecule has 2 aromatic carbocycles. The van der Waals surface area contributed by atoms with Gasteiger partial charge in [-0.2, -0.15) is 5.26 Å². The molecule has 0 saturated carbocycles. The van der Waals surface area contributed by atoms with Gasteiger partial charge in [-0.15, -0.1) is 0 Å². The van der Waals surface area contributed by atoms with Gasteiger partial charge in [-0.25, -0.2) is 0 Å². The Morgan fingerprint density at radius 1 is 1.12 bits per heavy atom. The molecular formula is C27H34N4O2. The Morgan fingerprint density at radius 3 is 2.39 bits per heavy atom. The summed E-state index contributed by atoms with van der Waals surface area (Å²) in [5.41, 5.74) is 3.55. The predicted molar refractivity (Wildman–Crippen MR) is 130 cm³/mol. The molecule has 0 aliphatic carbocycles. The van der Waals surface area contributed by atoms with Crippen molar-refractivity contribution in [3.63, 3.8) is 0 Å². The minimum absolute atomic E-state index is 0.0396. The third-order valence-corrected chi connectivity index (χ3v) is 6.47. The number of amides is 2. The van der Waals surface area contributed by atoms with Crippen molar-refractivity contribution >= 4 is 11.8 Å². The lowest BCUT2D eigenvalue weighted by Gasteiger charge is -2.24. The van der Waals surface area contributed by atoms with Crippen LogP contribution in [0.2, 0.25) is 0 Å². The van der Waals surface area contributed by atoms with E-state index in [4.69, 9.17) is 0 Å². The van der Waals surface area contributed by atoms with Crippen LogP contribution >= 0.6 is 0 Å². The fourth-order valence-electron chi connectivity index (χ4n) is 4.47. The minimum atomic E-state index is -0.367. The van der Waals surface area contributed by atoms with E-state index in [1.54, 1.807) is 0 Å². The first-order valence-electron chi connectivity index (χ1n) is 11.5. The number of carbonyl (C=O) groups excluding carboxylic acids is 2. The molecule has 1 aliphatic rings. The van der Waals surface area contributed by atoms with Gasteiger partial charge in [0, 0.05) is 32.2 Å². The maximum absolute atomic E-state index is 12.9. The van der Waals surface area contributed by atoms with Crippen LogP contribution in [0.25, 0.3) is 11.1 Å². The van der Waals surface area contributed by atoms with Crippen LogP contribution in [0.3, 0.4) is 0 Å². The summed E-state index contributed by atoms with van der Waals surface area (Å²) in [6, 6.07) is 15.8. The number of rotatable bonds is 7. The Kier molecular flexibility index (Phi) is 7.88. The monoisotopic (exact) mass is 446 g/mol. The van der Waals surface area contributed by atoms with Gasteiger partial charge in [0.15, 0.2) is 6.19 Å². The molecule has 174 valence electrons. The summed E-state index contributed by atoms with van der Waals surface area (Å²) in [7, 11) is 5.47. The van der Waals surface area contributed by atoms with Gasteiger partial charge in [-0.05, 0) is 61.2 Å².